The van der Waals surface area contributed by atoms with Gasteiger partial charge in [-0.3, -0.25) is 11.3 Å². The van der Waals surface area contributed by atoms with Crippen molar-refractivity contribution in [3.8, 4) is 5.75 Å². The van der Waals surface area contributed by atoms with Gasteiger partial charge in [-0.2, -0.15) is 0 Å². The van der Waals surface area contributed by atoms with E-state index in [0.29, 0.717) is 24.5 Å². The maximum Gasteiger partial charge on any atom is 0.123 e. The van der Waals surface area contributed by atoms with Crippen LogP contribution in [0.15, 0.2) is 48.5 Å². The number of hydrazine groups is 1. The summed E-state index contributed by atoms with van der Waals surface area (Å²) in [4.78, 5) is 0. The molecule has 21 heavy (non-hydrogen) atoms. The van der Waals surface area contributed by atoms with Crippen LogP contribution in [0, 0.1) is 5.82 Å². The van der Waals surface area contributed by atoms with E-state index in [1.165, 1.54) is 12.1 Å². The Kier molecular flexibility index (Phi) is 5.99. The number of ether oxygens (including phenoxy) is 1. The molecule has 1 unspecified atom stereocenters. The van der Waals surface area contributed by atoms with Gasteiger partial charge in [-0.05, 0) is 48.7 Å². The smallest absolute Gasteiger partial charge is 0.123 e. The molecule has 0 aliphatic rings. The first-order valence-electron chi connectivity index (χ1n) is 6.77. The molecule has 3 nitrogen and oxygen atoms in total. The summed E-state index contributed by atoms with van der Waals surface area (Å²) in [6.45, 7) is 0.520. The number of rotatable bonds is 7. The number of para-hydroxylation sites is 1. The molecule has 0 spiro atoms. The fraction of sp³-hybridized carbons (Fsp3) is 0.250. The van der Waals surface area contributed by atoms with Gasteiger partial charge in [-0.25, -0.2) is 4.39 Å². The van der Waals surface area contributed by atoms with Crippen LogP contribution in [0.3, 0.4) is 0 Å². The van der Waals surface area contributed by atoms with Gasteiger partial charge in [0.15, 0.2) is 0 Å². The Morgan fingerprint density at radius 2 is 1.95 bits per heavy atom. The van der Waals surface area contributed by atoms with Gasteiger partial charge in [-0.1, -0.05) is 29.8 Å². The highest BCUT2D eigenvalue weighted by Gasteiger charge is 2.11. The Bertz CT molecular complexity index is 565. The molecule has 1 atom stereocenters. The van der Waals surface area contributed by atoms with E-state index in [1.807, 2.05) is 30.3 Å². The molecule has 5 heteroatoms. The summed E-state index contributed by atoms with van der Waals surface area (Å²) in [7, 11) is 0. The molecule has 2 rings (SSSR count). The average molecular weight is 309 g/mol. The average Bonchev–Trinajstić information content (AvgIpc) is 2.51. The van der Waals surface area contributed by atoms with E-state index in [1.54, 1.807) is 6.07 Å². The van der Waals surface area contributed by atoms with Gasteiger partial charge in [0.1, 0.15) is 11.6 Å². The third-order valence-electron chi connectivity index (χ3n) is 3.19. The third-order valence-corrected chi connectivity index (χ3v) is 3.56. The molecule has 112 valence electrons. The molecule has 2 aromatic rings. The molecule has 0 amide bonds. The van der Waals surface area contributed by atoms with Gasteiger partial charge in [-0.15, -0.1) is 0 Å². The van der Waals surface area contributed by atoms with Crippen LogP contribution >= 0.6 is 11.6 Å². The molecule has 0 saturated heterocycles. The van der Waals surface area contributed by atoms with E-state index in [0.717, 1.165) is 11.3 Å². The Morgan fingerprint density at radius 3 is 2.67 bits per heavy atom. The Morgan fingerprint density at radius 1 is 1.19 bits per heavy atom. The van der Waals surface area contributed by atoms with Gasteiger partial charge in [0.25, 0.3) is 0 Å². The lowest BCUT2D eigenvalue weighted by Gasteiger charge is -2.17. The van der Waals surface area contributed by atoms with Crippen LogP contribution in [-0.4, -0.2) is 12.6 Å². The Balaban J connectivity index is 1.87. The van der Waals surface area contributed by atoms with Crippen molar-refractivity contribution in [2.45, 2.75) is 18.9 Å². The minimum Gasteiger partial charge on any atom is -0.494 e. The Labute approximate surface area is 128 Å². The molecule has 0 radical (unpaired) electrons. The van der Waals surface area contributed by atoms with E-state index >= 15 is 0 Å². The summed E-state index contributed by atoms with van der Waals surface area (Å²) in [6, 6.07) is 13.9. The minimum absolute atomic E-state index is 0.0342. The fourth-order valence-electron chi connectivity index (χ4n) is 2.05. The molecule has 0 bridgehead atoms. The highest BCUT2D eigenvalue weighted by atomic mass is 35.5. The number of hydrogen-bond donors (Lipinski definition) is 2. The van der Waals surface area contributed by atoms with Crippen molar-refractivity contribution in [3.05, 3.63) is 64.9 Å². The van der Waals surface area contributed by atoms with Gasteiger partial charge >= 0.3 is 0 Å². The van der Waals surface area contributed by atoms with Crippen LogP contribution in [0.5, 0.6) is 5.75 Å². The van der Waals surface area contributed by atoms with Crippen molar-refractivity contribution in [1.82, 2.24) is 5.43 Å². The zero-order valence-electron chi connectivity index (χ0n) is 11.6. The van der Waals surface area contributed by atoms with Gasteiger partial charge in [0.05, 0.1) is 6.61 Å². The first-order chi connectivity index (χ1) is 10.2. The molecule has 0 aliphatic heterocycles. The monoisotopic (exact) mass is 308 g/mol. The van der Waals surface area contributed by atoms with Crippen molar-refractivity contribution >= 4 is 11.6 Å². The van der Waals surface area contributed by atoms with Crippen molar-refractivity contribution in [1.29, 1.82) is 0 Å². The maximum atomic E-state index is 13.2. The predicted octanol–water partition coefficient (Wildman–Crippen LogP) is 3.32. The maximum absolute atomic E-state index is 13.2. The summed E-state index contributed by atoms with van der Waals surface area (Å²) in [6.07, 6.45) is 1.24. The lowest BCUT2D eigenvalue weighted by Crippen LogP contribution is -2.38. The first kappa shape index (κ1) is 15.8. The van der Waals surface area contributed by atoms with Crippen LogP contribution < -0.4 is 16.0 Å². The van der Waals surface area contributed by atoms with Crippen molar-refractivity contribution in [3.63, 3.8) is 0 Å². The number of nitrogens with one attached hydrogen (secondary N) is 1. The summed E-state index contributed by atoms with van der Waals surface area (Å²) in [5.74, 6) is 6.06. The van der Waals surface area contributed by atoms with Gasteiger partial charge in [0.2, 0.25) is 0 Å². The van der Waals surface area contributed by atoms with Crippen molar-refractivity contribution < 1.29 is 9.13 Å². The van der Waals surface area contributed by atoms with E-state index < -0.39 is 0 Å². The summed E-state index contributed by atoms with van der Waals surface area (Å²) in [5, 5.41) is 0.542. The standard InChI is InChI=1S/C16H18ClFN2O/c17-16-7-6-13(18)10-12(16)11-14(20-19)8-9-21-15-4-2-1-3-5-15/h1-7,10,14,20H,8-9,11,19H2. The number of nitrogens with two attached hydrogens (primary N) is 1. The van der Waals surface area contributed by atoms with E-state index in [9.17, 15) is 4.39 Å². The lowest BCUT2D eigenvalue weighted by molar-refractivity contribution is 0.285. The zero-order valence-corrected chi connectivity index (χ0v) is 12.3. The largest absolute Gasteiger partial charge is 0.494 e. The highest BCUT2D eigenvalue weighted by molar-refractivity contribution is 6.31. The molecule has 0 fully saturated rings. The second-order valence-electron chi connectivity index (χ2n) is 4.75. The van der Waals surface area contributed by atoms with E-state index in [-0.39, 0.29) is 11.9 Å². The first-order valence-corrected chi connectivity index (χ1v) is 7.14. The molecular formula is C16H18ClFN2O. The summed E-state index contributed by atoms with van der Waals surface area (Å²) in [5.41, 5.74) is 3.46. The molecule has 0 aromatic heterocycles. The second kappa shape index (κ2) is 7.98. The number of halogens is 2. The molecule has 0 aliphatic carbocycles. The zero-order chi connectivity index (χ0) is 15.1. The van der Waals surface area contributed by atoms with Crippen molar-refractivity contribution in [2.24, 2.45) is 5.84 Å². The predicted molar refractivity (Wildman–Crippen MR) is 82.8 cm³/mol. The summed E-state index contributed by atoms with van der Waals surface area (Å²) < 4.78 is 18.9. The third kappa shape index (κ3) is 5.01. The van der Waals surface area contributed by atoms with E-state index in [4.69, 9.17) is 22.2 Å². The Hall–Kier alpha value is -1.62. The van der Waals surface area contributed by atoms with Crippen LogP contribution in [0.1, 0.15) is 12.0 Å². The van der Waals surface area contributed by atoms with Crippen LogP contribution in [0.4, 0.5) is 4.39 Å². The van der Waals surface area contributed by atoms with E-state index in [2.05, 4.69) is 5.43 Å². The normalized spacial score (nSPS) is 12.1. The number of hydrogen-bond acceptors (Lipinski definition) is 3. The molecule has 2 aromatic carbocycles. The van der Waals surface area contributed by atoms with Crippen molar-refractivity contribution in [2.75, 3.05) is 6.61 Å². The fourth-order valence-corrected chi connectivity index (χ4v) is 2.24. The van der Waals surface area contributed by atoms with Gasteiger partial charge in [0, 0.05) is 11.1 Å². The molecular weight excluding hydrogens is 291 g/mol. The van der Waals surface area contributed by atoms with Crippen LogP contribution in [-0.2, 0) is 6.42 Å². The SMILES string of the molecule is NNC(CCOc1ccccc1)Cc1cc(F)ccc1Cl. The van der Waals surface area contributed by atoms with Crippen LogP contribution in [0.2, 0.25) is 5.02 Å². The minimum atomic E-state index is -0.300. The quantitative estimate of drug-likeness (QED) is 0.609. The number of benzene rings is 2. The van der Waals surface area contributed by atoms with Crippen LogP contribution in [0.25, 0.3) is 0 Å². The second-order valence-corrected chi connectivity index (χ2v) is 5.16. The molecule has 0 heterocycles. The lowest BCUT2D eigenvalue weighted by atomic mass is 10.0. The molecule has 3 N–H and O–H groups in total. The molecule has 0 saturated carbocycles. The summed E-state index contributed by atoms with van der Waals surface area (Å²) >= 11 is 6.06. The van der Waals surface area contributed by atoms with Gasteiger partial charge < -0.3 is 4.74 Å². The highest BCUT2D eigenvalue weighted by Crippen LogP contribution is 2.19. The topological polar surface area (TPSA) is 47.3 Å².